The molecule has 0 saturated heterocycles. The maximum Gasteiger partial charge on any atom is 0.262 e. The number of nitrogens with one attached hydrogen (secondary N) is 1. The van der Waals surface area contributed by atoms with Crippen LogP contribution in [0.25, 0.3) is 10.8 Å². The molecule has 0 unspecified atom stereocenters. The summed E-state index contributed by atoms with van der Waals surface area (Å²) in [6, 6.07) is 16.6. The highest BCUT2D eigenvalue weighted by Gasteiger charge is 2.24. The van der Waals surface area contributed by atoms with E-state index in [-0.39, 0.29) is 0 Å². The Hall–Kier alpha value is -2.53. The number of sulfonamides is 1. The summed E-state index contributed by atoms with van der Waals surface area (Å²) in [6.45, 7) is 0. The van der Waals surface area contributed by atoms with Crippen molar-refractivity contribution in [2.45, 2.75) is 17.7 Å². The minimum atomic E-state index is -3.64. The van der Waals surface area contributed by atoms with Crippen LogP contribution in [0.3, 0.4) is 0 Å². The Kier molecular flexibility index (Phi) is 3.46. The van der Waals surface area contributed by atoms with E-state index in [9.17, 15) is 8.42 Å². The van der Waals surface area contributed by atoms with Gasteiger partial charge in [-0.1, -0.05) is 30.3 Å². The van der Waals surface area contributed by atoms with Crippen molar-refractivity contribution in [2.75, 3.05) is 11.8 Å². The standard InChI is InChI=1S/C19H17NO3S/c1-23-16-7-3-6-15(12-16)20-24(21,22)18-11-9-14-5-2-4-13-8-10-17(18)19(13)14/h2-7,9,11-12,20H,8,10H2,1H3. The van der Waals surface area contributed by atoms with Gasteiger partial charge in [-0.25, -0.2) is 8.42 Å². The van der Waals surface area contributed by atoms with Gasteiger partial charge in [-0.05, 0) is 52.9 Å². The highest BCUT2D eigenvalue weighted by Crippen LogP contribution is 2.35. The van der Waals surface area contributed by atoms with Crippen molar-refractivity contribution in [1.82, 2.24) is 0 Å². The van der Waals surface area contributed by atoms with Crippen LogP contribution in [0.5, 0.6) is 5.75 Å². The summed E-state index contributed by atoms with van der Waals surface area (Å²) in [5, 5.41) is 2.19. The van der Waals surface area contributed by atoms with Crippen LogP contribution >= 0.6 is 0 Å². The summed E-state index contributed by atoms with van der Waals surface area (Å²) in [7, 11) is -2.09. The van der Waals surface area contributed by atoms with Gasteiger partial charge in [-0.15, -0.1) is 0 Å². The van der Waals surface area contributed by atoms with E-state index in [4.69, 9.17) is 4.74 Å². The molecule has 0 atom stereocenters. The molecule has 4 nitrogen and oxygen atoms in total. The van der Waals surface area contributed by atoms with Crippen molar-refractivity contribution in [3.05, 3.63) is 65.7 Å². The van der Waals surface area contributed by atoms with Crippen molar-refractivity contribution < 1.29 is 13.2 Å². The Morgan fingerprint density at radius 2 is 1.83 bits per heavy atom. The van der Waals surface area contributed by atoms with E-state index in [1.54, 1.807) is 37.4 Å². The monoisotopic (exact) mass is 339 g/mol. The SMILES string of the molecule is COc1cccc(NS(=O)(=O)c2ccc3cccc4c3c2CC4)c1. The molecule has 24 heavy (non-hydrogen) atoms. The first kappa shape index (κ1) is 15.0. The maximum absolute atomic E-state index is 12.9. The fourth-order valence-corrected chi connectivity index (χ4v) is 4.70. The van der Waals surface area contributed by atoms with Crippen molar-refractivity contribution >= 4 is 26.5 Å². The van der Waals surface area contributed by atoms with Crippen LogP contribution in [-0.4, -0.2) is 15.5 Å². The Bertz CT molecular complexity index is 1040. The van der Waals surface area contributed by atoms with Crippen molar-refractivity contribution in [2.24, 2.45) is 0 Å². The number of anilines is 1. The van der Waals surface area contributed by atoms with Gasteiger partial charge < -0.3 is 4.74 Å². The molecule has 0 bridgehead atoms. The second kappa shape index (κ2) is 5.53. The topological polar surface area (TPSA) is 55.4 Å². The third-order valence-electron chi connectivity index (χ3n) is 4.45. The summed E-state index contributed by atoms with van der Waals surface area (Å²) in [5.41, 5.74) is 2.63. The number of benzene rings is 3. The molecule has 0 amide bonds. The third-order valence-corrected chi connectivity index (χ3v) is 5.92. The minimum absolute atomic E-state index is 0.364. The Morgan fingerprint density at radius 1 is 1.00 bits per heavy atom. The number of methoxy groups -OCH3 is 1. The number of hydrogen-bond acceptors (Lipinski definition) is 3. The van der Waals surface area contributed by atoms with Gasteiger partial charge in [0.25, 0.3) is 10.0 Å². The molecule has 0 heterocycles. The van der Waals surface area contributed by atoms with Crippen molar-refractivity contribution in [1.29, 1.82) is 0 Å². The van der Waals surface area contributed by atoms with Gasteiger partial charge in [-0.3, -0.25) is 4.72 Å². The first-order valence-electron chi connectivity index (χ1n) is 7.79. The molecule has 0 saturated carbocycles. The molecule has 3 aromatic carbocycles. The molecule has 0 aromatic heterocycles. The molecule has 5 heteroatoms. The fraction of sp³-hybridized carbons (Fsp3) is 0.158. The van der Waals surface area contributed by atoms with Gasteiger partial charge in [0.2, 0.25) is 0 Å². The lowest BCUT2D eigenvalue weighted by molar-refractivity contribution is 0.415. The van der Waals surface area contributed by atoms with Crippen molar-refractivity contribution in [3.63, 3.8) is 0 Å². The van der Waals surface area contributed by atoms with Crippen LogP contribution in [0.1, 0.15) is 11.1 Å². The largest absolute Gasteiger partial charge is 0.497 e. The Labute approximate surface area is 141 Å². The zero-order chi connectivity index (χ0) is 16.7. The smallest absolute Gasteiger partial charge is 0.262 e. The summed E-state index contributed by atoms with van der Waals surface area (Å²) in [5.74, 6) is 0.612. The maximum atomic E-state index is 12.9. The summed E-state index contributed by atoms with van der Waals surface area (Å²) in [4.78, 5) is 0.364. The Balaban J connectivity index is 1.80. The third kappa shape index (κ3) is 2.41. The molecular weight excluding hydrogens is 322 g/mol. The van der Waals surface area contributed by atoms with Gasteiger partial charge in [0.15, 0.2) is 0 Å². The van der Waals surface area contributed by atoms with Crippen LogP contribution in [0.15, 0.2) is 59.5 Å². The van der Waals surface area contributed by atoms with Crippen LogP contribution in [0, 0.1) is 0 Å². The lowest BCUT2D eigenvalue weighted by Gasteiger charge is -2.13. The van der Waals surface area contributed by atoms with E-state index < -0.39 is 10.0 Å². The molecule has 0 radical (unpaired) electrons. The normalized spacial score (nSPS) is 13.2. The first-order chi connectivity index (χ1) is 11.6. The van der Waals surface area contributed by atoms with Crippen LogP contribution < -0.4 is 9.46 Å². The van der Waals surface area contributed by atoms with Gasteiger partial charge in [0.05, 0.1) is 17.7 Å². The van der Waals surface area contributed by atoms with E-state index in [1.807, 2.05) is 18.2 Å². The van der Waals surface area contributed by atoms with E-state index in [2.05, 4.69) is 10.8 Å². The van der Waals surface area contributed by atoms with Gasteiger partial charge in [-0.2, -0.15) is 0 Å². The van der Waals surface area contributed by atoms with Crippen LogP contribution in [0.4, 0.5) is 5.69 Å². The lowest BCUT2D eigenvalue weighted by atomic mass is 10.1. The number of hydrogen-bond donors (Lipinski definition) is 1. The number of ether oxygens (including phenoxy) is 1. The fourth-order valence-electron chi connectivity index (χ4n) is 3.38. The summed E-state index contributed by atoms with van der Waals surface area (Å²) < 4.78 is 33.6. The molecule has 0 fully saturated rings. The summed E-state index contributed by atoms with van der Waals surface area (Å²) >= 11 is 0. The highest BCUT2D eigenvalue weighted by molar-refractivity contribution is 7.92. The lowest BCUT2D eigenvalue weighted by Crippen LogP contribution is -2.14. The molecular formula is C19H17NO3S. The average Bonchev–Trinajstić information content (AvgIpc) is 3.01. The van der Waals surface area contributed by atoms with Crippen LogP contribution in [-0.2, 0) is 22.9 Å². The average molecular weight is 339 g/mol. The second-order valence-corrected chi connectivity index (χ2v) is 7.55. The zero-order valence-corrected chi connectivity index (χ0v) is 14.1. The Morgan fingerprint density at radius 3 is 2.67 bits per heavy atom. The zero-order valence-electron chi connectivity index (χ0n) is 13.2. The van der Waals surface area contributed by atoms with E-state index >= 15 is 0 Å². The predicted molar refractivity (Wildman–Crippen MR) is 95.2 cm³/mol. The predicted octanol–water partition coefficient (Wildman–Crippen LogP) is 3.75. The quantitative estimate of drug-likeness (QED) is 0.788. The van der Waals surface area contributed by atoms with Crippen LogP contribution in [0.2, 0.25) is 0 Å². The van der Waals surface area contributed by atoms with E-state index in [1.165, 1.54) is 5.56 Å². The number of rotatable bonds is 4. The van der Waals surface area contributed by atoms with E-state index in [0.717, 1.165) is 29.2 Å². The summed E-state index contributed by atoms with van der Waals surface area (Å²) in [6.07, 6.45) is 1.64. The molecule has 1 aliphatic carbocycles. The number of aryl methyl sites for hydroxylation is 2. The highest BCUT2D eigenvalue weighted by atomic mass is 32.2. The van der Waals surface area contributed by atoms with Crippen molar-refractivity contribution in [3.8, 4) is 5.75 Å². The molecule has 1 N–H and O–H groups in total. The molecule has 0 aliphatic heterocycles. The second-order valence-electron chi connectivity index (χ2n) is 5.89. The molecule has 1 aliphatic rings. The molecule has 0 spiro atoms. The van der Waals surface area contributed by atoms with Gasteiger partial charge >= 0.3 is 0 Å². The van der Waals surface area contributed by atoms with Gasteiger partial charge in [0.1, 0.15) is 5.75 Å². The first-order valence-corrected chi connectivity index (χ1v) is 9.27. The van der Waals surface area contributed by atoms with E-state index in [0.29, 0.717) is 16.3 Å². The van der Waals surface area contributed by atoms with Gasteiger partial charge in [0, 0.05) is 6.07 Å². The molecule has 4 rings (SSSR count). The molecule has 122 valence electrons. The molecule has 3 aromatic rings. The minimum Gasteiger partial charge on any atom is -0.497 e.